The Morgan fingerprint density at radius 3 is 2.50 bits per heavy atom. The first-order valence-corrected chi connectivity index (χ1v) is 11.2. The molecule has 0 aliphatic heterocycles. The molecule has 1 aromatic carbocycles. The number of aromatic nitrogens is 1. The predicted molar refractivity (Wildman–Crippen MR) is 124 cm³/mol. The van der Waals surface area contributed by atoms with Crippen LogP contribution >= 0.6 is 11.3 Å². The molecule has 2 rings (SSSR count). The average Bonchev–Trinajstić information content (AvgIpc) is 3.14. The van der Waals surface area contributed by atoms with Gasteiger partial charge < -0.3 is 15.4 Å². The molecule has 2 aromatic rings. The van der Waals surface area contributed by atoms with Crippen LogP contribution in [0.5, 0.6) is 0 Å². The van der Waals surface area contributed by atoms with Crippen molar-refractivity contribution in [3.8, 4) is 0 Å². The molecule has 0 aliphatic rings. The second kappa shape index (κ2) is 11.5. The van der Waals surface area contributed by atoms with Crippen LogP contribution < -0.4 is 16.0 Å². The van der Waals surface area contributed by atoms with E-state index in [1.165, 1.54) is 5.56 Å². The van der Waals surface area contributed by atoms with Crippen LogP contribution in [0.2, 0.25) is 0 Å². The molecule has 0 atom stereocenters. The van der Waals surface area contributed by atoms with Gasteiger partial charge in [-0.3, -0.25) is 5.32 Å². The summed E-state index contributed by atoms with van der Waals surface area (Å²) in [6.07, 6.45) is 1.35. The Morgan fingerprint density at radius 1 is 1.17 bits per heavy atom. The number of carbonyl (C=O) groups excluding carboxylic acids is 1. The van der Waals surface area contributed by atoms with Crippen molar-refractivity contribution < 1.29 is 9.53 Å². The number of carbonyl (C=O) groups is 1. The number of hydrogen-bond acceptors (Lipinski definition) is 5. The van der Waals surface area contributed by atoms with Crippen molar-refractivity contribution >= 4 is 29.1 Å². The van der Waals surface area contributed by atoms with E-state index < -0.39 is 11.7 Å². The highest BCUT2D eigenvalue weighted by Gasteiger charge is 2.16. The lowest BCUT2D eigenvalue weighted by Crippen LogP contribution is -2.38. The number of hydrogen-bond donors (Lipinski definition) is 3. The third-order valence-corrected chi connectivity index (χ3v) is 4.99. The van der Waals surface area contributed by atoms with E-state index in [4.69, 9.17) is 4.74 Å². The van der Waals surface area contributed by atoms with E-state index >= 15 is 0 Å². The number of ether oxygens (including phenoxy) is 1. The van der Waals surface area contributed by atoms with Crippen LogP contribution in [0.1, 0.15) is 50.9 Å². The average molecular weight is 432 g/mol. The van der Waals surface area contributed by atoms with Gasteiger partial charge in [0.15, 0.2) is 5.96 Å². The van der Waals surface area contributed by atoms with E-state index in [9.17, 15) is 4.79 Å². The van der Waals surface area contributed by atoms with Gasteiger partial charge in [-0.15, -0.1) is 11.3 Å². The van der Waals surface area contributed by atoms with Crippen LogP contribution in [0.3, 0.4) is 0 Å². The fraction of sp³-hybridized carbons (Fsp3) is 0.500. The summed E-state index contributed by atoms with van der Waals surface area (Å²) in [4.78, 5) is 21.0. The van der Waals surface area contributed by atoms with Crippen LogP contribution in [0.4, 0.5) is 10.5 Å². The Labute approximate surface area is 183 Å². The van der Waals surface area contributed by atoms with Crippen molar-refractivity contribution in [2.45, 2.75) is 59.6 Å². The van der Waals surface area contributed by atoms with E-state index in [-0.39, 0.29) is 0 Å². The second-order valence-electron chi connectivity index (χ2n) is 7.78. The molecule has 3 N–H and O–H groups in total. The standard InChI is InChI=1S/C22H33N5O2S/c1-6-19-26-18(15-30-19)14-25-20(23-7-2)24-13-12-16-8-10-17(11-9-16)27-21(28)29-22(3,4)5/h8-11,15H,6-7,12-14H2,1-5H3,(H,27,28)(H2,23,24,25). The van der Waals surface area contributed by atoms with E-state index in [0.29, 0.717) is 12.2 Å². The lowest BCUT2D eigenvalue weighted by atomic mass is 10.1. The fourth-order valence-corrected chi connectivity index (χ4v) is 3.32. The van der Waals surface area contributed by atoms with Gasteiger partial charge in [0.05, 0.1) is 17.2 Å². The predicted octanol–water partition coefficient (Wildman–Crippen LogP) is 4.35. The Hall–Kier alpha value is -2.61. The molecule has 0 saturated heterocycles. The van der Waals surface area contributed by atoms with Gasteiger partial charge in [-0.1, -0.05) is 19.1 Å². The summed E-state index contributed by atoms with van der Waals surface area (Å²) in [6.45, 7) is 11.8. The first-order chi connectivity index (χ1) is 14.3. The molecule has 1 amide bonds. The van der Waals surface area contributed by atoms with E-state index in [0.717, 1.165) is 42.6 Å². The number of guanidine groups is 1. The topological polar surface area (TPSA) is 87.6 Å². The van der Waals surface area contributed by atoms with Gasteiger partial charge in [-0.2, -0.15) is 0 Å². The molecule has 0 fully saturated rings. The zero-order valence-electron chi connectivity index (χ0n) is 18.5. The highest BCUT2D eigenvalue weighted by Crippen LogP contribution is 2.13. The summed E-state index contributed by atoms with van der Waals surface area (Å²) in [7, 11) is 0. The van der Waals surface area contributed by atoms with Gasteiger partial charge in [0.1, 0.15) is 5.60 Å². The van der Waals surface area contributed by atoms with Crippen molar-refractivity contribution in [2.75, 3.05) is 18.4 Å². The summed E-state index contributed by atoms with van der Waals surface area (Å²) in [5, 5.41) is 12.6. The maximum atomic E-state index is 11.8. The zero-order chi connectivity index (χ0) is 22.0. The van der Waals surface area contributed by atoms with Crippen LogP contribution in [-0.2, 0) is 24.1 Å². The van der Waals surface area contributed by atoms with Gasteiger partial charge >= 0.3 is 6.09 Å². The number of aliphatic imine (C=N–C) groups is 1. The second-order valence-corrected chi connectivity index (χ2v) is 8.72. The number of rotatable bonds is 8. The van der Waals surface area contributed by atoms with Gasteiger partial charge in [-0.25, -0.2) is 14.8 Å². The maximum Gasteiger partial charge on any atom is 0.412 e. The molecule has 7 nitrogen and oxygen atoms in total. The monoisotopic (exact) mass is 431 g/mol. The molecule has 0 spiro atoms. The van der Waals surface area contributed by atoms with E-state index in [2.05, 4.69) is 38.2 Å². The molecule has 0 bridgehead atoms. The maximum absolute atomic E-state index is 11.8. The third kappa shape index (κ3) is 8.82. The first-order valence-electron chi connectivity index (χ1n) is 10.3. The molecular weight excluding hydrogens is 398 g/mol. The van der Waals surface area contributed by atoms with Crippen molar-refractivity contribution in [1.82, 2.24) is 15.6 Å². The minimum absolute atomic E-state index is 0.449. The van der Waals surface area contributed by atoms with Crippen LogP contribution in [-0.4, -0.2) is 35.7 Å². The smallest absolute Gasteiger partial charge is 0.412 e. The van der Waals surface area contributed by atoms with Crippen LogP contribution in [0.25, 0.3) is 0 Å². The SMILES string of the molecule is CCNC(=NCc1csc(CC)n1)NCCc1ccc(NC(=O)OC(C)(C)C)cc1. The fourth-order valence-electron chi connectivity index (χ4n) is 2.59. The molecule has 0 radical (unpaired) electrons. The minimum atomic E-state index is -0.515. The van der Waals surface area contributed by atoms with E-state index in [1.807, 2.05) is 52.0 Å². The summed E-state index contributed by atoms with van der Waals surface area (Å²) < 4.78 is 5.26. The molecule has 1 heterocycles. The van der Waals surface area contributed by atoms with Crippen molar-refractivity contribution in [1.29, 1.82) is 0 Å². The summed E-state index contributed by atoms with van der Waals surface area (Å²) in [5.41, 5.74) is 2.37. The molecule has 1 aromatic heterocycles. The highest BCUT2D eigenvalue weighted by atomic mass is 32.1. The third-order valence-electron chi connectivity index (χ3n) is 3.95. The zero-order valence-corrected chi connectivity index (χ0v) is 19.4. The normalized spacial score (nSPS) is 11.8. The Balaban J connectivity index is 1.81. The molecular formula is C22H33N5O2S. The van der Waals surface area contributed by atoms with Gasteiger partial charge in [0.2, 0.25) is 0 Å². The van der Waals surface area contributed by atoms with Gasteiger partial charge in [0, 0.05) is 24.2 Å². The Kier molecular flexibility index (Phi) is 9.11. The van der Waals surface area contributed by atoms with Gasteiger partial charge in [-0.05, 0) is 58.2 Å². The number of nitrogens with one attached hydrogen (secondary N) is 3. The first kappa shape index (κ1) is 23.7. The molecule has 0 unspecified atom stereocenters. The number of aryl methyl sites for hydroxylation is 1. The summed E-state index contributed by atoms with van der Waals surface area (Å²) in [6, 6.07) is 7.76. The van der Waals surface area contributed by atoms with Crippen molar-refractivity contribution in [3.63, 3.8) is 0 Å². The van der Waals surface area contributed by atoms with E-state index in [1.54, 1.807) is 11.3 Å². The molecule has 0 aliphatic carbocycles. The Bertz CT molecular complexity index is 825. The van der Waals surface area contributed by atoms with Crippen molar-refractivity contribution in [2.24, 2.45) is 4.99 Å². The number of thiazole rings is 1. The lowest BCUT2D eigenvalue weighted by Gasteiger charge is -2.19. The number of anilines is 1. The largest absolute Gasteiger partial charge is 0.444 e. The van der Waals surface area contributed by atoms with Crippen LogP contribution in [0.15, 0.2) is 34.6 Å². The molecule has 8 heteroatoms. The Morgan fingerprint density at radius 2 is 1.90 bits per heavy atom. The molecule has 164 valence electrons. The molecule has 30 heavy (non-hydrogen) atoms. The number of benzene rings is 1. The number of amides is 1. The lowest BCUT2D eigenvalue weighted by molar-refractivity contribution is 0.0636. The van der Waals surface area contributed by atoms with Crippen molar-refractivity contribution in [3.05, 3.63) is 45.9 Å². The minimum Gasteiger partial charge on any atom is -0.444 e. The van der Waals surface area contributed by atoms with Crippen LogP contribution in [0, 0.1) is 0 Å². The summed E-state index contributed by atoms with van der Waals surface area (Å²) >= 11 is 1.68. The van der Waals surface area contributed by atoms with Gasteiger partial charge in [0.25, 0.3) is 0 Å². The highest BCUT2D eigenvalue weighted by molar-refractivity contribution is 7.09. The summed E-state index contributed by atoms with van der Waals surface area (Å²) in [5.74, 6) is 0.784. The number of nitrogens with zero attached hydrogens (tertiary/aromatic N) is 2. The molecule has 0 saturated carbocycles. The quantitative estimate of drug-likeness (QED) is 0.427.